The highest BCUT2D eigenvalue weighted by atomic mass is 79.9. The third-order valence-electron chi connectivity index (χ3n) is 3.76. The molecule has 2 aromatic rings. The van der Waals surface area contributed by atoms with E-state index >= 15 is 0 Å². The van der Waals surface area contributed by atoms with Gasteiger partial charge in [0.05, 0.1) is 31.7 Å². The second-order valence-corrected chi connectivity index (χ2v) is 8.14. The largest absolute Gasteiger partial charge is 0.464 e. The van der Waals surface area contributed by atoms with Crippen molar-refractivity contribution in [3.8, 4) is 5.75 Å². The Bertz CT molecular complexity index is 1020. The van der Waals surface area contributed by atoms with Gasteiger partial charge in [-0.15, -0.1) is 0 Å². The molecule has 0 N–H and O–H groups in total. The SMILES string of the molecule is COC(=O)c1nc2n(c(=O)c1OS(=O)(=O)c1ccccc1)CCOCC2Br. The van der Waals surface area contributed by atoms with E-state index in [2.05, 4.69) is 25.7 Å². The molecule has 1 unspecified atom stereocenters. The lowest BCUT2D eigenvalue weighted by atomic mass is 10.3. The third-order valence-corrected chi connectivity index (χ3v) is 5.67. The van der Waals surface area contributed by atoms with Crippen LogP contribution in [0.25, 0.3) is 0 Å². The zero-order chi connectivity index (χ0) is 19.6. The van der Waals surface area contributed by atoms with Crippen LogP contribution in [-0.2, 0) is 26.1 Å². The number of esters is 1. The van der Waals surface area contributed by atoms with Crippen LogP contribution in [0.4, 0.5) is 0 Å². The van der Waals surface area contributed by atoms with Gasteiger partial charge in [0.15, 0.2) is 5.69 Å². The molecule has 0 saturated heterocycles. The number of ether oxygens (including phenoxy) is 2. The average Bonchev–Trinajstić information content (AvgIpc) is 2.85. The molecule has 3 rings (SSSR count). The molecule has 2 heterocycles. The van der Waals surface area contributed by atoms with E-state index < -0.39 is 37.9 Å². The van der Waals surface area contributed by atoms with Crippen LogP contribution in [0.2, 0.25) is 0 Å². The molecule has 0 fully saturated rings. The summed E-state index contributed by atoms with van der Waals surface area (Å²) in [5.41, 5.74) is -1.32. The average molecular weight is 459 g/mol. The predicted octanol–water partition coefficient (Wildman–Crippen LogP) is 1.26. The molecule has 0 radical (unpaired) electrons. The van der Waals surface area contributed by atoms with Crippen molar-refractivity contribution < 1.29 is 26.9 Å². The summed E-state index contributed by atoms with van der Waals surface area (Å²) in [5.74, 6) is -1.47. The molecular weight excluding hydrogens is 444 g/mol. The van der Waals surface area contributed by atoms with E-state index in [-0.39, 0.29) is 30.5 Å². The summed E-state index contributed by atoms with van der Waals surface area (Å²) in [6.07, 6.45) is 0. The first-order valence-corrected chi connectivity index (χ1v) is 10.1. The Morgan fingerprint density at radius 2 is 2.04 bits per heavy atom. The smallest absolute Gasteiger partial charge is 0.360 e. The van der Waals surface area contributed by atoms with Crippen molar-refractivity contribution in [3.05, 3.63) is 52.2 Å². The first-order chi connectivity index (χ1) is 12.8. The molecule has 0 saturated carbocycles. The highest BCUT2D eigenvalue weighted by molar-refractivity contribution is 9.09. The molecule has 11 heteroatoms. The van der Waals surface area contributed by atoms with Crippen LogP contribution in [0.1, 0.15) is 21.1 Å². The Kier molecular flexibility index (Phi) is 5.63. The summed E-state index contributed by atoms with van der Waals surface area (Å²) >= 11 is 3.34. The number of carbonyl (C=O) groups is 1. The number of nitrogens with zero attached hydrogens (tertiary/aromatic N) is 2. The van der Waals surface area contributed by atoms with Gasteiger partial charge < -0.3 is 13.7 Å². The molecule has 1 aliphatic heterocycles. The first kappa shape index (κ1) is 19.5. The Morgan fingerprint density at radius 1 is 1.33 bits per heavy atom. The number of aromatic nitrogens is 2. The van der Waals surface area contributed by atoms with Gasteiger partial charge in [-0.05, 0) is 12.1 Å². The van der Waals surface area contributed by atoms with Crippen molar-refractivity contribution in [2.45, 2.75) is 16.3 Å². The van der Waals surface area contributed by atoms with Gasteiger partial charge in [-0.1, -0.05) is 34.1 Å². The summed E-state index contributed by atoms with van der Waals surface area (Å²) in [4.78, 5) is 28.6. The molecule has 0 spiro atoms. The van der Waals surface area contributed by atoms with Crippen LogP contribution in [0.5, 0.6) is 5.75 Å². The van der Waals surface area contributed by atoms with Crippen molar-refractivity contribution in [1.29, 1.82) is 0 Å². The van der Waals surface area contributed by atoms with Crippen LogP contribution in [0, 0.1) is 0 Å². The second-order valence-electron chi connectivity index (χ2n) is 5.49. The Balaban J connectivity index is 2.18. The van der Waals surface area contributed by atoms with Gasteiger partial charge in [-0.25, -0.2) is 9.78 Å². The van der Waals surface area contributed by atoms with E-state index in [0.717, 1.165) is 7.11 Å². The number of alkyl halides is 1. The second kappa shape index (κ2) is 7.79. The van der Waals surface area contributed by atoms with E-state index in [1.54, 1.807) is 6.07 Å². The Morgan fingerprint density at radius 3 is 2.70 bits per heavy atom. The predicted molar refractivity (Wildman–Crippen MR) is 96.6 cm³/mol. The van der Waals surface area contributed by atoms with Crippen LogP contribution >= 0.6 is 15.9 Å². The van der Waals surface area contributed by atoms with Gasteiger partial charge >= 0.3 is 16.1 Å². The maximum atomic E-state index is 12.9. The van der Waals surface area contributed by atoms with Crippen LogP contribution in [0.15, 0.2) is 40.0 Å². The number of carbonyl (C=O) groups excluding carboxylic acids is 1. The molecule has 1 aliphatic rings. The standard InChI is InChI=1S/C16H15BrN2O7S/c1-24-16(21)12-13(26-27(22,23)10-5-3-2-4-6-10)15(20)19-7-8-25-9-11(17)14(19)18-12/h2-6,11H,7-9H2,1H3. The summed E-state index contributed by atoms with van der Waals surface area (Å²) in [6, 6.07) is 7.26. The third kappa shape index (κ3) is 3.89. The zero-order valence-corrected chi connectivity index (χ0v) is 16.5. The zero-order valence-electron chi connectivity index (χ0n) is 14.1. The van der Waals surface area contributed by atoms with Crippen molar-refractivity contribution in [3.63, 3.8) is 0 Å². The highest BCUT2D eigenvalue weighted by Crippen LogP contribution is 2.26. The summed E-state index contributed by atoms with van der Waals surface area (Å²) in [6.45, 7) is 0.584. The normalized spacial score (nSPS) is 16.9. The quantitative estimate of drug-likeness (QED) is 0.382. The van der Waals surface area contributed by atoms with Crippen molar-refractivity contribution in [1.82, 2.24) is 9.55 Å². The number of benzene rings is 1. The summed E-state index contributed by atoms with van der Waals surface area (Å²) in [5, 5.41) is 0. The molecule has 1 aromatic carbocycles. The number of fused-ring (bicyclic) bond motifs is 1. The molecule has 0 amide bonds. The minimum Gasteiger partial charge on any atom is -0.464 e. The van der Waals surface area contributed by atoms with E-state index in [0.29, 0.717) is 0 Å². The Hall–Kier alpha value is -2.24. The van der Waals surface area contributed by atoms with Gasteiger partial charge in [0.25, 0.3) is 5.56 Å². The van der Waals surface area contributed by atoms with Gasteiger partial charge in [0.1, 0.15) is 10.7 Å². The van der Waals surface area contributed by atoms with Gasteiger partial charge in [-0.3, -0.25) is 9.36 Å². The van der Waals surface area contributed by atoms with Crippen LogP contribution in [-0.4, -0.2) is 44.3 Å². The maximum Gasteiger partial charge on any atom is 0.360 e. The van der Waals surface area contributed by atoms with E-state index in [1.165, 1.54) is 28.8 Å². The Labute approximate surface area is 163 Å². The molecule has 144 valence electrons. The molecule has 0 bridgehead atoms. The number of hydrogen-bond acceptors (Lipinski definition) is 8. The molecular formula is C16H15BrN2O7S. The number of hydrogen-bond donors (Lipinski definition) is 0. The fourth-order valence-corrected chi connectivity index (χ4v) is 3.97. The van der Waals surface area contributed by atoms with Gasteiger partial charge in [0.2, 0.25) is 5.75 Å². The maximum absolute atomic E-state index is 12.9. The molecule has 1 atom stereocenters. The number of rotatable bonds is 4. The first-order valence-electron chi connectivity index (χ1n) is 7.79. The van der Waals surface area contributed by atoms with Gasteiger partial charge in [-0.2, -0.15) is 8.42 Å². The van der Waals surface area contributed by atoms with Gasteiger partial charge in [0, 0.05) is 0 Å². The van der Waals surface area contributed by atoms with Crippen molar-refractivity contribution in [2.24, 2.45) is 0 Å². The minimum absolute atomic E-state index is 0.131. The van der Waals surface area contributed by atoms with Crippen molar-refractivity contribution in [2.75, 3.05) is 20.3 Å². The minimum atomic E-state index is -4.35. The summed E-state index contributed by atoms with van der Waals surface area (Å²) in [7, 11) is -3.26. The van der Waals surface area contributed by atoms with E-state index in [1.807, 2.05) is 0 Å². The van der Waals surface area contributed by atoms with E-state index in [4.69, 9.17) is 8.92 Å². The lowest BCUT2D eigenvalue weighted by Crippen LogP contribution is -2.31. The lowest BCUT2D eigenvalue weighted by molar-refractivity contribution is 0.0590. The summed E-state index contributed by atoms with van der Waals surface area (Å²) < 4.78 is 41.3. The fraction of sp³-hybridized carbons (Fsp3) is 0.312. The molecule has 9 nitrogen and oxygen atoms in total. The van der Waals surface area contributed by atoms with Crippen LogP contribution < -0.4 is 9.74 Å². The van der Waals surface area contributed by atoms with Crippen LogP contribution in [0.3, 0.4) is 0 Å². The lowest BCUT2D eigenvalue weighted by Gasteiger charge is -2.16. The topological polar surface area (TPSA) is 114 Å². The molecule has 0 aliphatic carbocycles. The molecule has 27 heavy (non-hydrogen) atoms. The fourth-order valence-electron chi connectivity index (χ4n) is 2.48. The monoisotopic (exact) mass is 458 g/mol. The van der Waals surface area contributed by atoms with Crippen molar-refractivity contribution >= 4 is 32.0 Å². The molecule has 1 aromatic heterocycles. The number of halogens is 1. The highest BCUT2D eigenvalue weighted by Gasteiger charge is 2.31. The van der Waals surface area contributed by atoms with E-state index in [9.17, 15) is 18.0 Å². The number of methoxy groups -OCH3 is 1.